The van der Waals surface area contributed by atoms with Crippen molar-refractivity contribution in [1.82, 2.24) is 15.5 Å². The number of aliphatic carboxylic acids is 1. The lowest BCUT2D eigenvalue weighted by Gasteiger charge is -2.21. The smallest absolute Gasteiger partial charge is 0.315 e. The number of amides is 2. The molecular formula is C13H23N3O3. The predicted octanol–water partition coefficient (Wildman–Crippen LogP) is 0.655. The van der Waals surface area contributed by atoms with Crippen LogP contribution in [0, 0.1) is 5.92 Å². The van der Waals surface area contributed by atoms with Crippen LogP contribution in [0.4, 0.5) is 4.79 Å². The van der Waals surface area contributed by atoms with Crippen molar-refractivity contribution in [3.63, 3.8) is 0 Å². The average molecular weight is 269 g/mol. The fourth-order valence-corrected chi connectivity index (χ4v) is 1.81. The Kier molecular flexibility index (Phi) is 5.82. The summed E-state index contributed by atoms with van der Waals surface area (Å²) in [4.78, 5) is 24.5. The van der Waals surface area contributed by atoms with Gasteiger partial charge in [-0.05, 0) is 27.3 Å². The number of nitrogens with zero attached hydrogens (tertiary/aromatic N) is 1. The third-order valence-electron chi connectivity index (χ3n) is 3.35. The fourth-order valence-electron chi connectivity index (χ4n) is 1.81. The zero-order valence-electron chi connectivity index (χ0n) is 11.7. The summed E-state index contributed by atoms with van der Waals surface area (Å²) < 4.78 is 0. The number of carboxylic acid groups (broad SMARTS) is 1. The molecule has 19 heavy (non-hydrogen) atoms. The molecule has 0 saturated carbocycles. The molecule has 0 aromatic carbocycles. The number of likely N-dealkylation sites (N-methyl/N-ethyl adjacent to an activating group) is 1. The predicted molar refractivity (Wildman–Crippen MR) is 73.0 cm³/mol. The van der Waals surface area contributed by atoms with Gasteiger partial charge in [0, 0.05) is 19.1 Å². The lowest BCUT2D eigenvalue weighted by Crippen LogP contribution is -2.44. The molecule has 0 saturated heterocycles. The summed E-state index contributed by atoms with van der Waals surface area (Å²) in [6, 6.07) is 0.000671. The molecule has 3 N–H and O–H groups in total. The summed E-state index contributed by atoms with van der Waals surface area (Å²) in [5, 5.41) is 14.3. The number of carbonyl (C=O) groups is 2. The van der Waals surface area contributed by atoms with E-state index in [2.05, 4.69) is 29.4 Å². The van der Waals surface area contributed by atoms with E-state index >= 15 is 0 Å². The number of hydrogen-bond acceptors (Lipinski definition) is 3. The van der Waals surface area contributed by atoms with Crippen LogP contribution in [-0.4, -0.2) is 54.2 Å². The van der Waals surface area contributed by atoms with Crippen LogP contribution in [0.3, 0.4) is 0 Å². The van der Waals surface area contributed by atoms with Crippen molar-refractivity contribution in [1.29, 1.82) is 0 Å². The molecule has 0 radical (unpaired) electrons. The van der Waals surface area contributed by atoms with Crippen molar-refractivity contribution in [2.24, 2.45) is 5.92 Å². The van der Waals surface area contributed by atoms with Gasteiger partial charge in [0.15, 0.2) is 0 Å². The first-order chi connectivity index (χ1) is 8.90. The summed E-state index contributed by atoms with van der Waals surface area (Å²) >= 11 is 0. The molecule has 1 aliphatic carbocycles. The summed E-state index contributed by atoms with van der Waals surface area (Å²) in [5.74, 6) is -1.34. The molecule has 2 amide bonds. The highest BCUT2D eigenvalue weighted by atomic mass is 16.4. The Bertz CT molecular complexity index is 355. The third-order valence-corrected chi connectivity index (χ3v) is 3.35. The number of urea groups is 1. The van der Waals surface area contributed by atoms with E-state index in [1.54, 1.807) is 12.2 Å². The molecule has 0 heterocycles. The zero-order valence-corrected chi connectivity index (χ0v) is 11.7. The second-order valence-electron chi connectivity index (χ2n) is 5.15. The fraction of sp³-hybridized carbons (Fsp3) is 0.692. The SMILES string of the molecule is CC(C)N(C)CCNC(=O)NC1C=CC(C(=O)O)C1. The summed E-state index contributed by atoms with van der Waals surface area (Å²) in [5.41, 5.74) is 0. The minimum absolute atomic E-state index is 0.191. The van der Waals surface area contributed by atoms with Crippen LogP contribution in [0.2, 0.25) is 0 Å². The van der Waals surface area contributed by atoms with Gasteiger partial charge in [0.1, 0.15) is 0 Å². The van der Waals surface area contributed by atoms with Crippen LogP contribution in [0.15, 0.2) is 12.2 Å². The lowest BCUT2D eigenvalue weighted by atomic mass is 10.1. The monoisotopic (exact) mass is 269 g/mol. The summed E-state index contributed by atoms with van der Waals surface area (Å²) in [6.07, 6.45) is 3.78. The Labute approximate surface area is 113 Å². The molecule has 0 fully saturated rings. The topological polar surface area (TPSA) is 81.7 Å². The van der Waals surface area contributed by atoms with Crippen molar-refractivity contribution in [3.8, 4) is 0 Å². The number of nitrogens with one attached hydrogen (secondary N) is 2. The van der Waals surface area contributed by atoms with Crippen LogP contribution in [0.5, 0.6) is 0 Å². The van der Waals surface area contributed by atoms with Crippen molar-refractivity contribution >= 4 is 12.0 Å². The van der Waals surface area contributed by atoms with E-state index in [0.29, 0.717) is 19.0 Å². The van der Waals surface area contributed by atoms with E-state index < -0.39 is 11.9 Å². The highest BCUT2D eigenvalue weighted by molar-refractivity contribution is 5.76. The quantitative estimate of drug-likeness (QED) is 0.619. The van der Waals surface area contributed by atoms with Gasteiger partial charge in [0.25, 0.3) is 0 Å². The molecule has 2 atom stereocenters. The highest BCUT2D eigenvalue weighted by Gasteiger charge is 2.25. The van der Waals surface area contributed by atoms with Crippen LogP contribution >= 0.6 is 0 Å². The normalized spacial score (nSPS) is 21.9. The van der Waals surface area contributed by atoms with Crippen LogP contribution in [0.1, 0.15) is 20.3 Å². The zero-order chi connectivity index (χ0) is 14.4. The van der Waals surface area contributed by atoms with Crippen molar-refractivity contribution < 1.29 is 14.7 Å². The molecule has 0 aromatic heterocycles. The minimum atomic E-state index is -0.848. The van der Waals surface area contributed by atoms with Gasteiger partial charge in [-0.15, -0.1) is 0 Å². The Morgan fingerprint density at radius 3 is 2.63 bits per heavy atom. The Morgan fingerprint density at radius 2 is 2.11 bits per heavy atom. The standard InChI is InChI=1S/C13H23N3O3/c1-9(2)16(3)7-6-14-13(19)15-11-5-4-10(8-11)12(17)18/h4-5,9-11H,6-8H2,1-3H3,(H,17,18)(H2,14,15,19). The van der Waals surface area contributed by atoms with E-state index in [9.17, 15) is 9.59 Å². The maximum absolute atomic E-state index is 11.6. The van der Waals surface area contributed by atoms with Crippen molar-refractivity contribution in [2.75, 3.05) is 20.1 Å². The first kappa shape index (κ1) is 15.5. The van der Waals surface area contributed by atoms with Crippen molar-refractivity contribution in [2.45, 2.75) is 32.4 Å². The van der Waals surface area contributed by atoms with Gasteiger partial charge in [0.05, 0.1) is 12.0 Å². The molecule has 6 nitrogen and oxygen atoms in total. The molecule has 108 valence electrons. The minimum Gasteiger partial charge on any atom is -0.481 e. The van der Waals surface area contributed by atoms with Crippen LogP contribution < -0.4 is 10.6 Å². The van der Waals surface area contributed by atoms with Crippen molar-refractivity contribution in [3.05, 3.63) is 12.2 Å². The number of carboxylic acids is 1. The van der Waals surface area contributed by atoms with E-state index in [4.69, 9.17) is 5.11 Å². The van der Waals surface area contributed by atoms with Crippen LogP contribution in [0.25, 0.3) is 0 Å². The van der Waals surface area contributed by atoms with E-state index in [1.807, 2.05) is 7.05 Å². The highest BCUT2D eigenvalue weighted by Crippen LogP contribution is 2.17. The number of hydrogen-bond donors (Lipinski definition) is 3. The van der Waals surface area contributed by atoms with Gasteiger partial charge in [-0.1, -0.05) is 12.2 Å². The molecular weight excluding hydrogens is 246 g/mol. The van der Waals surface area contributed by atoms with Gasteiger partial charge in [0.2, 0.25) is 0 Å². The van der Waals surface area contributed by atoms with E-state index in [1.165, 1.54) is 0 Å². The molecule has 2 unspecified atom stereocenters. The molecule has 1 aliphatic rings. The van der Waals surface area contributed by atoms with E-state index in [0.717, 1.165) is 6.54 Å². The summed E-state index contributed by atoms with van der Waals surface area (Å²) in [7, 11) is 2.00. The van der Waals surface area contributed by atoms with Gasteiger partial charge in [-0.3, -0.25) is 4.79 Å². The maximum Gasteiger partial charge on any atom is 0.315 e. The first-order valence-electron chi connectivity index (χ1n) is 6.56. The van der Waals surface area contributed by atoms with Gasteiger partial charge < -0.3 is 20.6 Å². The Balaban J connectivity index is 2.19. The van der Waals surface area contributed by atoms with Crippen LogP contribution in [-0.2, 0) is 4.79 Å². The van der Waals surface area contributed by atoms with Gasteiger partial charge in [-0.2, -0.15) is 0 Å². The molecule has 0 bridgehead atoms. The van der Waals surface area contributed by atoms with Gasteiger partial charge in [-0.25, -0.2) is 4.79 Å². The average Bonchev–Trinajstić information content (AvgIpc) is 2.77. The van der Waals surface area contributed by atoms with E-state index in [-0.39, 0.29) is 12.1 Å². The summed E-state index contributed by atoms with van der Waals surface area (Å²) in [6.45, 7) is 5.54. The largest absolute Gasteiger partial charge is 0.481 e. The Hall–Kier alpha value is -1.56. The Morgan fingerprint density at radius 1 is 1.42 bits per heavy atom. The lowest BCUT2D eigenvalue weighted by molar-refractivity contribution is -0.140. The maximum atomic E-state index is 11.6. The molecule has 0 aromatic rings. The second kappa shape index (κ2) is 7.13. The number of carbonyl (C=O) groups excluding carboxylic acids is 1. The third kappa shape index (κ3) is 5.30. The van der Waals surface area contributed by atoms with Gasteiger partial charge >= 0.3 is 12.0 Å². The molecule has 1 rings (SSSR count). The molecule has 0 spiro atoms. The number of rotatable bonds is 6. The second-order valence-corrected chi connectivity index (χ2v) is 5.15. The first-order valence-corrected chi connectivity index (χ1v) is 6.56. The molecule has 6 heteroatoms. The molecule has 0 aliphatic heterocycles.